The highest BCUT2D eigenvalue weighted by Crippen LogP contribution is 2.24. The van der Waals surface area contributed by atoms with Gasteiger partial charge in [-0.05, 0) is 54.3 Å². The van der Waals surface area contributed by atoms with Crippen molar-refractivity contribution in [2.75, 3.05) is 31.1 Å². The first kappa shape index (κ1) is 21.2. The third kappa shape index (κ3) is 4.20. The third-order valence-corrected chi connectivity index (χ3v) is 6.05. The topological polar surface area (TPSA) is 80.3 Å². The lowest BCUT2D eigenvalue weighted by Crippen LogP contribution is -2.48. The summed E-state index contributed by atoms with van der Waals surface area (Å²) in [7, 11) is 0. The molecule has 8 nitrogen and oxygen atoms in total. The standard InChI is InChI=1S/C25H28N6O2/c1-17-5-10-21-22(27-17)28-24(33-21)30-13-11-29(12-14-30)23(32)18-6-8-20(9-7-18)31-16-19(15-26-31)25(2,3)4/h5-10,15-16H,11-14H2,1-4H3. The van der Waals surface area contributed by atoms with Crippen LogP contribution in [0.1, 0.15) is 42.4 Å². The molecular weight excluding hydrogens is 416 g/mol. The van der Waals surface area contributed by atoms with Crippen molar-refractivity contribution >= 4 is 23.2 Å². The van der Waals surface area contributed by atoms with E-state index < -0.39 is 0 Å². The van der Waals surface area contributed by atoms with Gasteiger partial charge in [0, 0.05) is 43.6 Å². The number of hydrogen-bond donors (Lipinski definition) is 0. The summed E-state index contributed by atoms with van der Waals surface area (Å²) in [6.45, 7) is 11.0. The summed E-state index contributed by atoms with van der Waals surface area (Å²) in [4.78, 5) is 25.9. The second kappa shape index (κ2) is 8.03. The molecular formula is C25H28N6O2. The predicted molar refractivity (Wildman–Crippen MR) is 127 cm³/mol. The number of oxazole rings is 1. The largest absolute Gasteiger partial charge is 0.422 e. The van der Waals surface area contributed by atoms with Crippen LogP contribution in [-0.2, 0) is 5.41 Å². The minimum absolute atomic E-state index is 0.0342. The second-order valence-corrected chi connectivity index (χ2v) is 9.52. The zero-order valence-corrected chi connectivity index (χ0v) is 19.4. The molecule has 1 saturated heterocycles. The van der Waals surface area contributed by atoms with Gasteiger partial charge in [0.2, 0.25) is 5.65 Å². The normalized spacial score (nSPS) is 14.8. The molecule has 0 spiro atoms. The Balaban J connectivity index is 1.23. The summed E-state index contributed by atoms with van der Waals surface area (Å²) >= 11 is 0. The number of anilines is 1. The number of fused-ring (bicyclic) bond motifs is 1. The molecule has 0 unspecified atom stereocenters. The number of hydrogen-bond acceptors (Lipinski definition) is 6. The van der Waals surface area contributed by atoms with E-state index in [0.717, 1.165) is 11.4 Å². The van der Waals surface area contributed by atoms with Gasteiger partial charge in [0.15, 0.2) is 5.58 Å². The van der Waals surface area contributed by atoms with Crippen molar-refractivity contribution < 1.29 is 9.21 Å². The Morgan fingerprint density at radius 2 is 1.70 bits per heavy atom. The van der Waals surface area contributed by atoms with Gasteiger partial charge < -0.3 is 14.2 Å². The first-order valence-corrected chi connectivity index (χ1v) is 11.2. The third-order valence-electron chi connectivity index (χ3n) is 6.05. The molecule has 1 aliphatic rings. The van der Waals surface area contributed by atoms with Gasteiger partial charge in [0.1, 0.15) is 0 Å². The molecule has 0 radical (unpaired) electrons. The molecule has 1 fully saturated rings. The zero-order valence-electron chi connectivity index (χ0n) is 19.4. The van der Waals surface area contributed by atoms with E-state index in [2.05, 4.69) is 40.7 Å². The Labute approximate surface area is 192 Å². The fourth-order valence-electron chi connectivity index (χ4n) is 3.93. The minimum atomic E-state index is 0.0342. The summed E-state index contributed by atoms with van der Waals surface area (Å²) in [6, 6.07) is 12.0. The van der Waals surface area contributed by atoms with Gasteiger partial charge in [-0.1, -0.05) is 20.8 Å². The fourth-order valence-corrected chi connectivity index (χ4v) is 3.93. The van der Waals surface area contributed by atoms with Crippen LogP contribution in [0.25, 0.3) is 16.9 Å². The average Bonchev–Trinajstić information content (AvgIpc) is 3.46. The number of carbonyl (C=O) groups excluding carboxylic acids is 1. The number of nitrogens with zero attached hydrogens (tertiary/aromatic N) is 6. The van der Waals surface area contributed by atoms with Crippen molar-refractivity contribution in [2.24, 2.45) is 0 Å². The monoisotopic (exact) mass is 444 g/mol. The summed E-state index contributed by atoms with van der Waals surface area (Å²) in [5.41, 5.74) is 5.04. The molecule has 170 valence electrons. The van der Waals surface area contributed by atoms with Crippen LogP contribution in [0, 0.1) is 6.92 Å². The van der Waals surface area contributed by atoms with Crippen molar-refractivity contribution in [1.82, 2.24) is 24.6 Å². The van der Waals surface area contributed by atoms with E-state index >= 15 is 0 Å². The minimum Gasteiger partial charge on any atom is -0.422 e. The van der Waals surface area contributed by atoms with Crippen LogP contribution < -0.4 is 4.90 Å². The summed E-state index contributed by atoms with van der Waals surface area (Å²) < 4.78 is 7.71. The van der Waals surface area contributed by atoms with E-state index in [1.54, 1.807) is 0 Å². The van der Waals surface area contributed by atoms with Crippen LogP contribution in [0.3, 0.4) is 0 Å². The molecule has 1 aromatic carbocycles. The molecule has 3 aromatic heterocycles. The smallest absolute Gasteiger partial charge is 0.300 e. The molecule has 8 heteroatoms. The van der Waals surface area contributed by atoms with Crippen molar-refractivity contribution in [3.05, 3.63) is 65.6 Å². The van der Waals surface area contributed by atoms with Crippen molar-refractivity contribution in [2.45, 2.75) is 33.1 Å². The van der Waals surface area contributed by atoms with Crippen LogP contribution in [0.5, 0.6) is 0 Å². The van der Waals surface area contributed by atoms with Crippen molar-refractivity contribution in [3.8, 4) is 5.69 Å². The first-order chi connectivity index (χ1) is 15.8. The highest BCUT2D eigenvalue weighted by molar-refractivity contribution is 5.94. The van der Waals surface area contributed by atoms with Crippen LogP contribution in [-0.4, -0.2) is 56.7 Å². The summed E-state index contributed by atoms with van der Waals surface area (Å²) in [5, 5.41) is 4.47. The number of aromatic nitrogens is 4. The number of rotatable bonds is 3. The van der Waals surface area contributed by atoms with Crippen LogP contribution in [0.2, 0.25) is 0 Å². The van der Waals surface area contributed by atoms with Gasteiger partial charge in [-0.15, -0.1) is 0 Å². The quantitative estimate of drug-likeness (QED) is 0.476. The van der Waals surface area contributed by atoms with Crippen molar-refractivity contribution in [1.29, 1.82) is 0 Å². The Bertz CT molecular complexity index is 1290. The number of carbonyl (C=O) groups is 1. The zero-order chi connectivity index (χ0) is 23.2. The predicted octanol–water partition coefficient (Wildman–Crippen LogP) is 3.98. The van der Waals surface area contributed by atoms with Gasteiger partial charge in [-0.25, -0.2) is 9.67 Å². The number of pyridine rings is 1. The van der Waals surface area contributed by atoms with E-state index in [9.17, 15) is 4.79 Å². The first-order valence-electron chi connectivity index (χ1n) is 11.2. The molecule has 4 aromatic rings. The molecule has 1 amide bonds. The van der Waals surface area contributed by atoms with E-state index in [4.69, 9.17) is 4.42 Å². The average molecular weight is 445 g/mol. The van der Waals surface area contributed by atoms with Crippen molar-refractivity contribution in [3.63, 3.8) is 0 Å². The van der Waals surface area contributed by atoms with Crippen LogP contribution >= 0.6 is 0 Å². The summed E-state index contributed by atoms with van der Waals surface area (Å²) in [5.74, 6) is 0.0342. The molecule has 0 saturated carbocycles. The number of aryl methyl sites for hydroxylation is 1. The van der Waals surface area contributed by atoms with Gasteiger partial charge in [-0.3, -0.25) is 4.79 Å². The number of piperazine rings is 1. The lowest BCUT2D eigenvalue weighted by Gasteiger charge is -2.33. The maximum atomic E-state index is 13.0. The van der Waals surface area contributed by atoms with Gasteiger partial charge in [0.05, 0.1) is 11.9 Å². The molecule has 0 bridgehead atoms. The van der Waals surface area contributed by atoms with Gasteiger partial charge >= 0.3 is 0 Å². The van der Waals surface area contributed by atoms with Gasteiger partial charge in [-0.2, -0.15) is 10.1 Å². The SMILES string of the molecule is Cc1ccc2oc(N3CCN(C(=O)c4ccc(-n5cc(C(C)(C)C)cn5)cc4)CC3)nc2n1. The van der Waals surface area contributed by atoms with Crippen LogP contribution in [0.15, 0.2) is 53.2 Å². The maximum Gasteiger partial charge on any atom is 0.300 e. The molecule has 5 rings (SSSR count). The number of benzene rings is 1. The highest BCUT2D eigenvalue weighted by Gasteiger charge is 2.25. The summed E-state index contributed by atoms with van der Waals surface area (Å²) in [6.07, 6.45) is 3.94. The fraction of sp³-hybridized carbons (Fsp3) is 0.360. The maximum absolute atomic E-state index is 13.0. The second-order valence-electron chi connectivity index (χ2n) is 9.52. The van der Waals surface area contributed by atoms with E-state index in [1.165, 1.54) is 5.56 Å². The molecule has 0 aliphatic carbocycles. The van der Waals surface area contributed by atoms with E-state index in [-0.39, 0.29) is 11.3 Å². The van der Waals surface area contributed by atoms with Crippen LogP contribution in [0.4, 0.5) is 6.01 Å². The molecule has 0 N–H and O–H groups in total. The van der Waals surface area contributed by atoms with E-state index in [1.807, 2.05) is 65.3 Å². The Kier molecular flexibility index (Phi) is 5.15. The molecule has 1 aliphatic heterocycles. The Hall–Kier alpha value is -3.68. The van der Waals surface area contributed by atoms with E-state index in [0.29, 0.717) is 49.0 Å². The highest BCUT2D eigenvalue weighted by atomic mass is 16.4. The lowest BCUT2D eigenvalue weighted by atomic mass is 9.90. The molecule has 33 heavy (non-hydrogen) atoms. The lowest BCUT2D eigenvalue weighted by molar-refractivity contribution is 0.0745. The Morgan fingerprint density at radius 1 is 0.970 bits per heavy atom. The Morgan fingerprint density at radius 3 is 2.36 bits per heavy atom. The molecule has 0 atom stereocenters. The van der Waals surface area contributed by atoms with Gasteiger partial charge in [0.25, 0.3) is 11.9 Å². The number of amides is 1. The molecule has 4 heterocycles.